The monoisotopic (exact) mass is 247 g/mol. The van der Waals surface area contributed by atoms with E-state index in [9.17, 15) is 4.79 Å². The van der Waals surface area contributed by atoms with Gasteiger partial charge < -0.3 is 16.8 Å². The van der Waals surface area contributed by atoms with Gasteiger partial charge in [0.15, 0.2) is 0 Å². The molecule has 0 saturated heterocycles. The molecule has 1 saturated carbocycles. The van der Waals surface area contributed by atoms with Crippen LogP contribution in [0.3, 0.4) is 0 Å². The van der Waals surface area contributed by atoms with E-state index in [4.69, 9.17) is 11.5 Å². The number of nitrogens with one attached hydrogen (secondary N) is 1. The van der Waals surface area contributed by atoms with E-state index in [0.717, 1.165) is 18.5 Å². The summed E-state index contributed by atoms with van der Waals surface area (Å²) in [6.45, 7) is 0.690. The van der Waals surface area contributed by atoms with Gasteiger partial charge in [-0.1, -0.05) is 31.4 Å². The third-order valence-electron chi connectivity index (χ3n) is 3.97. The van der Waals surface area contributed by atoms with Gasteiger partial charge in [-0.15, -0.1) is 0 Å². The van der Waals surface area contributed by atoms with E-state index in [2.05, 4.69) is 17.4 Å². The fourth-order valence-electron chi connectivity index (χ4n) is 2.89. The van der Waals surface area contributed by atoms with E-state index >= 15 is 0 Å². The van der Waals surface area contributed by atoms with Crippen LogP contribution in [0, 0.1) is 0 Å². The van der Waals surface area contributed by atoms with Gasteiger partial charge in [-0.3, -0.25) is 0 Å². The standard InChI is InChI=1S/C14H21N3O/c15-10-14(8-2-1-3-9-14)11-4-6-12(7-5-11)17-13(16)18/h4-7H,1-3,8-10,15H2,(H3,16,17,18). The molecule has 0 atom stereocenters. The smallest absolute Gasteiger partial charge is 0.316 e. The summed E-state index contributed by atoms with van der Waals surface area (Å²) in [6, 6.07) is 7.37. The van der Waals surface area contributed by atoms with Gasteiger partial charge in [0.2, 0.25) is 0 Å². The molecule has 4 heteroatoms. The Labute approximate surface area is 108 Å². The molecule has 0 aromatic heterocycles. The minimum Gasteiger partial charge on any atom is -0.351 e. The third kappa shape index (κ3) is 2.64. The van der Waals surface area contributed by atoms with E-state index in [0.29, 0.717) is 6.54 Å². The molecule has 0 unspecified atom stereocenters. The zero-order valence-corrected chi connectivity index (χ0v) is 10.6. The van der Waals surface area contributed by atoms with Crippen LogP contribution in [0.2, 0.25) is 0 Å². The van der Waals surface area contributed by atoms with Gasteiger partial charge in [0.1, 0.15) is 0 Å². The van der Waals surface area contributed by atoms with Crippen molar-refractivity contribution in [2.75, 3.05) is 11.9 Å². The van der Waals surface area contributed by atoms with Crippen LogP contribution in [0.15, 0.2) is 24.3 Å². The van der Waals surface area contributed by atoms with E-state index in [1.54, 1.807) is 0 Å². The molecule has 0 aliphatic heterocycles. The van der Waals surface area contributed by atoms with Gasteiger partial charge in [0, 0.05) is 17.6 Å². The van der Waals surface area contributed by atoms with Crippen molar-refractivity contribution in [2.45, 2.75) is 37.5 Å². The molecule has 2 rings (SSSR count). The van der Waals surface area contributed by atoms with Crippen LogP contribution in [0.4, 0.5) is 10.5 Å². The summed E-state index contributed by atoms with van der Waals surface area (Å²) in [5.74, 6) is 0. The average molecular weight is 247 g/mol. The molecule has 98 valence electrons. The highest BCUT2D eigenvalue weighted by Crippen LogP contribution is 2.38. The van der Waals surface area contributed by atoms with Gasteiger partial charge in [-0.25, -0.2) is 4.79 Å². The topological polar surface area (TPSA) is 81.1 Å². The van der Waals surface area contributed by atoms with Crippen LogP contribution in [0.1, 0.15) is 37.7 Å². The number of carbonyl (C=O) groups excluding carboxylic acids is 1. The minimum atomic E-state index is -0.533. The van der Waals surface area contributed by atoms with Crippen LogP contribution >= 0.6 is 0 Å². The molecule has 0 spiro atoms. The van der Waals surface area contributed by atoms with Crippen LogP contribution in [0.25, 0.3) is 0 Å². The summed E-state index contributed by atoms with van der Waals surface area (Å²) in [7, 11) is 0. The zero-order chi connectivity index (χ0) is 13.0. The zero-order valence-electron chi connectivity index (χ0n) is 10.6. The fourth-order valence-corrected chi connectivity index (χ4v) is 2.89. The normalized spacial score (nSPS) is 18.3. The molecule has 5 N–H and O–H groups in total. The number of anilines is 1. The molecule has 0 heterocycles. The average Bonchev–Trinajstić information content (AvgIpc) is 2.39. The number of primary amides is 1. The van der Waals surface area contributed by atoms with E-state index in [1.165, 1.54) is 24.8 Å². The van der Waals surface area contributed by atoms with Crippen LogP contribution in [-0.4, -0.2) is 12.6 Å². The number of nitrogens with two attached hydrogens (primary N) is 2. The first-order chi connectivity index (χ1) is 8.66. The van der Waals surface area contributed by atoms with Gasteiger partial charge in [0.25, 0.3) is 0 Å². The van der Waals surface area contributed by atoms with Crippen molar-refractivity contribution in [3.63, 3.8) is 0 Å². The predicted octanol–water partition coefficient (Wildman–Crippen LogP) is 2.34. The van der Waals surface area contributed by atoms with E-state index < -0.39 is 6.03 Å². The second-order valence-electron chi connectivity index (χ2n) is 5.11. The SMILES string of the molecule is NCC1(c2ccc(NC(N)=O)cc2)CCCCC1. The first-order valence-corrected chi connectivity index (χ1v) is 6.53. The van der Waals surface area contributed by atoms with Gasteiger partial charge in [-0.2, -0.15) is 0 Å². The Balaban J connectivity index is 2.18. The number of urea groups is 1. The van der Waals surface area contributed by atoms with Gasteiger partial charge in [0.05, 0.1) is 0 Å². The number of rotatable bonds is 3. The Morgan fingerprint density at radius 2 is 1.78 bits per heavy atom. The molecule has 2 amide bonds. The Bertz CT molecular complexity index is 408. The maximum atomic E-state index is 10.8. The second kappa shape index (κ2) is 5.40. The Kier molecular flexibility index (Phi) is 3.87. The Morgan fingerprint density at radius 1 is 1.17 bits per heavy atom. The summed E-state index contributed by atoms with van der Waals surface area (Å²) in [6.07, 6.45) is 6.12. The number of carbonyl (C=O) groups is 1. The van der Waals surface area contributed by atoms with E-state index in [1.807, 2.05) is 12.1 Å². The molecule has 18 heavy (non-hydrogen) atoms. The van der Waals surface area contributed by atoms with Crippen LogP contribution in [0.5, 0.6) is 0 Å². The maximum Gasteiger partial charge on any atom is 0.316 e. The number of hydrogen-bond donors (Lipinski definition) is 3. The molecule has 1 aliphatic carbocycles. The summed E-state index contributed by atoms with van der Waals surface area (Å²) in [4.78, 5) is 10.8. The minimum absolute atomic E-state index is 0.128. The lowest BCUT2D eigenvalue weighted by Crippen LogP contribution is -2.37. The van der Waals surface area contributed by atoms with Crippen molar-refractivity contribution in [3.05, 3.63) is 29.8 Å². The van der Waals surface area contributed by atoms with Crippen molar-refractivity contribution in [2.24, 2.45) is 11.5 Å². The number of hydrogen-bond acceptors (Lipinski definition) is 2. The molecule has 1 aromatic carbocycles. The first kappa shape index (κ1) is 12.9. The third-order valence-corrected chi connectivity index (χ3v) is 3.97. The largest absolute Gasteiger partial charge is 0.351 e. The number of benzene rings is 1. The summed E-state index contributed by atoms with van der Waals surface area (Å²) in [5.41, 5.74) is 13.2. The molecular weight excluding hydrogens is 226 g/mol. The van der Waals surface area contributed by atoms with Crippen molar-refractivity contribution < 1.29 is 4.79 Å². The van der Waals surface area contributed by atoms with Crippen molar-refractivity contribution in [1.29, 1.82) is 0 Å². The first-order valence-electron chi connectivity index (χ1n) is 6.53. The molecule has 1 fully saturated rings. The maximum absolute atomic E-state index is 10.8. The predicted molar refractivity (Wildman–Crippen MR) is 73.5 cm³/mol. The number of amides is 2. The molecule has 1 aromatic rings. The summed E-state index contributed by atoms with van der Waals surface area (Å²) >= 11 is 0. The van der Waals surface area contributed by atoms with Gasteiger partial charge in [-0.05, 0) is 30.5 Å². The lowest BCUT2D eigenvalue weighted by atomic mass is 9.69. The summed E-state index contributed by atoms with van der Waals surface area (Å²) < 4.78 is 0. The highest BCUT2D eigenvalue weighted by molar-refractivity contribution is 5.87. The molecule has 4 nitrogen and oxygen atoms in total. The van der Waals surface area contributed by atoms with Crippen molar-refractivity contribution in [3.8, 4) is 0 Å². The Hall–Kier alpha value is -1.55. The highest BCUT2D eigenvalue weighted by atomic mass is 16.2. The van der Waals surface area contributed by atoms with Crippen molar-refractivity contribution >= 4 is 11.7 Å². The van der Waals surface area contributed by atoms with Crippen LogP contribution in [-0.2, 0) is 5.41 Å². The molecule has 0 radical (unpaired) electrons. The Morgan fingerprint density at radius 3 is 2.28 bits per heavy atom. The van der Waals surface area contributed by atoms with Gasteiger partial charge >= 0.3 is 6.03 Å². The van der Waals surface area contributed by atoms with Crippen molar-refractivity contribution in [1.82, 2.24) is 0 Å². The molecule has 0 bridgehead atoms. The highest BCUT2D eigenvalue weighted by Gasteiger charge is 2.32. The molecular formula is C14H21N3O. The lowest BCUT2D eigenvalue weighted by Gasteiger charge is -2.37. The molecule has 1 aliphatic rings. The fraction of sp³-hybridized carbons (Fsp3) is 0.500. The second-order valence-corrected chi connectivity index (χ2v) is 5.11. The van der Waals surface area contributed by atoms with Crippen LogP contribution < -0.4 is 16.8 Å². The quantitative estimate of drug-likeness (QED) is 0.766. The lowest BCUT2D eigenvalue weighted by molar-refractivity contribution is 0.259. The summed E-state index contributed by atoms with van der Waals surface area (Å²) in [5, 5.41) is 2.57. The van der Waals surface area contributed by atoms with E-state index in [-0.39, 0.29) is 5.41 Å².